The Morgan fingerprint density at radius 1 is 1.48 bits per heavy atom. The maximum Gasteiger partial charge on any atom is 0.227 e. The SMILES string of the molecule is COCC[C@@H]1CO[C@@]2(CCCN(C(=O)Cc3ccncc3)C2)C1. The second-order valence-electron chi connectivity index (χ2n) is 6.80. The average Bonchev–Trinajstić information content (AvgIpc) is 2.96. The number of nitrogens with zero attached hydrogens (tertiary/aromatic N) is 2. The van der Waals surface area contributed by atoms with Gasteiger partial charge in [-0.1, -0.05) is 0 Å². The predicted octanol–water partition coefficient (Wildman–Crippen LogP) is 2.06. The molecule has 23 heavy (non-hydrogen) atoms. The van der Waals surface area contributed by atoms with Crippen LogP contribution in [0.5, 0.6) is 0 Å². The Morgan fingerprint density at radius 2 is 2.30 bits per heavy atom. The maximum atomic E-state index is 12.6. The fourth-order valence-corrected chi connectivity index (χ4v) is 3.79. The standard InChI is InChI=1S/C18H26N2O3/c1-22-10-5-16-12-18(23-13-16)6-2-9-20(14-18)17(21)11-15-3-7-19-8-4-15/h3-4,7-8,16H,2,5-6,9-14H2,1H3/t16-,18-/m0/s1. The molecule has 1 amide bonds. The summed E-state index contributed by atoms with van der Waals surface area (Å²) >= 11 is 0. The summed E-state index contributed by atoms with van der Waals surface area (Å²) in [4.78, 5) is 18.6. The number of hydrogen-bond donors (Lipinski definition) is 0. The first-order valence-electron chi connectivity index (χ1n) is 8.50. The highest BCUT2D eigenvalue weighted by Crippen LogP contribution is 2.38. The van der Waals surface area contributed by atoms with E-state index in [0.29, 0.717) is 12.3 Å². The van der Waals surface area contributed by atoms with Crippen LogP contribution in [0.1, 0.15) is 31.2 Å². The van der Waals surface area contributed by atoms with Crippen molar-refractivity contribution >= 4 is 5.91 Å². The van der Waals surface area contributed by atoms with Gasteiger partial charge in [-0.15, -0.1) is 0 Å². The minimum Gasteiger partial charge on any atom is -0.385 e. The van der Waals surface area contributed by atoms with Crippen LogP contribution in [0.4, 0.5) is 0 Å². The zero-order chi connectivity index (χ0) is 16.1. The number of amides is 1. The summed E-state index contributed by atoms with van der Waals surface area (Å²) in [5, 5.41) is 0. The van der Waals surface area contributed by atoms with E-state index in [0.717, 1.165) is 57.6 Å². The van der Waals surface area contributed by atoms with Crippen LogP contribution < -0.4 is 0 Å². The molecule has 2 fully saturated rings. The number of ether oxygens (including phenoxy) is 2. The van der Waals surface area contributed by atoms with E-state index < -0.39 is 0 Å². The van der Waals surface area contributed by atoms with E-state index in [1.165, 1.54) is 0 Å². The zero-order valence-electron chi connectivity index (χ0n) is 13.9. The maximum absolute atomic E-state index is 12.6. The third-order valence-corrected chi connectivity index (χ3v) is 5.01. The second kappa shape index (κ2) is 7.41. The Labute approximate surface area is 138 Å². The quantitative estimate of drug-likeness (QED) is 0.834. The molecule has 2 atom stereocenters. The fourth-order valence-electron chi connectivity index (χ4n) is 3.79. The molecule has 5 nitrogen and oxygen atoms in total. The summed E-state index contributed by atoms with van der Waals surface area (Å²) < 4.78 is 11.3. The first kappa shape index (κ1) is 16.4. The topological polar surface area (TPSA) is 51.7 Å². The van der Waals surface area contributed by atoms with E-state index in [9.17, 15) is 4.79 Å². The Morgan fingerprint density at radius 3 is 3.09 bits per heavy atom. The number of hydrogen-bond acceptors (Lipinski definition) is 4. The van der Waals surface area contributed by atoms with Crippen molar-refractivity contribution in [3.05, 3.63) is 30.1 Å². The van der Waals surface area contributed by atoms with E-state index >= 15 is 0 Å². The van der Waals surface area contributed by atoms with Crippen molar-refractivity contribution in [3.63, 3.8) is 0 Å². The molecule has 5 heteroatoms. The van der Waals surface area contributed by atoms with Gasteiger partial charge in [-0.25, -0.2) is 0 Å². The molecule has 126 valence electrons. The molecule has 3 rings (SSSR count). The fraction of sp³-hybridized carbons (Fsp3) is 0.667. The largest absolute Gasteiger partial charge is 0.385 e. The zero-order valence-corrected chi connectivity index (χ0v) is 13.9. The molecule has 2 aliphatic rings. The summed E-state index contributed by atoms with van der Waals surface area (Å²) in [7, 11) is 1.74. The van der Waals surface area contributed by atoms with Gasteiger partial charge in [-0.3, -0.25) is 9.78 Å². The van der Waals surface area contributed by atoms with Crippen LogP contribution in [0, 0.1) is 5.92 Å². The van der Waals surface area contributed by atoms with Crippen LogP contribution in [0.15, 0.2) is 24.5 Å². The van der Waals surface area contributed by atoms with E-state index in [1.54, 1.807) is 19.5 Å². The van der Waals surface area contributed by atoms with Crippen LogP contribution >= 0.6 is 0 Å². The minimum absolute atomic E-state index is 0.120. The molecule has 0 bridgehead atoms. The number of piperidine rings is 1. The highest BCUT2D eigenvalue weighted by atomic mass is 16.5. The number of methoxy groups -OCH3 is 1. The Kier molecular flexibility index (Phi) is 5.28. The highest BCUT2D eigenvalue weighted by molar-refractivity contribution is 5.79. The molecule has 0 unspecified atom stereocenters. The normalized spacial score (nSPS) is 27.5. The van der Waals surface area contributed by atoms with E-state index in [2.05, 4.69) is 4.98 Å². The van der Waals surface area contributed by atoms with Crippen molar-refractivity contribution in [3.8, 4) is 0 Å². The van der Waals surface area contributed by atoms with Crippen LogP contribution in [0.2, 0.25) is 0 Å². The lowest BCUT2D eigenvalue weighted by Gasteiger charge is -2.40. The number of rotatable bonds is 5. The highest BCUT2D eigenvalue weighted by Gasteiger charge is 2.44. The van der Waals surface area contributed by atoms with Crippen LogP contribution in [-0.4, -0.2) is 54.8 Å². The molecule has 2 saturated heterocycles. The van der Waals surface area contributed by atoms with Crippen molar-refractivity contribution in [1.82, 2.24) is 9.88 Å². The molecule has 1 aromatic rings. The van der Waals surface area contributed by atoms with Crippen molar-refractivity contribution < 1.29 is 14.3 Å². The van der Waals surface area contributed by atoms with Crippen molar-refractivity contribution in [1.29, 1.82) is 0 Å². The molecular formula is C18H26N2O3. The number of aromatic nitrogens is 1. The molecule has 0 saturated carbocycles. The number of pyridine rings is 1. The van der Waals surface area contributed by atoms with Gasteiger partial charge in [-0.05, 0) is 49.3 Å². The third-order valence-electron chi connectivity index (χ3n) is 5.01. The number of likely N-dealkylation sites (tertiary alicyclic amines) is 1. The molecular weight excluding hydrogens is 292 g/mol. The van der Waals surface area contributed by atoms with Gasteiger partial charge >= 0.3 is 0 Å². The van der Waals surface area contributed by atoms with Crippen LogP contribution in [-0.2, 0) is 20.7 Å². The van der Waals surface area contributed by atoms with Crippen LogP contribution in [0.25, 0.3) is 0 Å². The Bertz CT molecular complexity index is 522. The summed E-state index contributed by atoms with van der Waals surface area (Å²) in [6, 6.07) is 3.81. The van der Waals surface area contributed by atoms with Gasteiger partial charge in [0.05, 0.1) is 18.6 Å². The monoisotopic (exact) mass is 318 g/mol. The van der Waals surface area contributed by atoms with Gasteiger partial charge in [0, 0.05) is 39.2 Å². The summed E-state index contributed by atoms with van der Waals surface area (Å²) in [6.07, 6.45) is 8.11. The molecule has 1 spiro atoms. The molecule has 0 aliphatic carbocycles. The van der Waals surface area contributed by atoms with E-state index in [-0.39, 0.29) is 11.5 Å². The van der Waals surface area contributed by atoms with Crippen LogP contribution in [0.3, 0.4) is 0 Å². The second-order valence-corrected chi connectivity index (χ2v) is 6.80. The molecule has 2 aliphatic heterocycles. The minimum atomic E-state index is -0.120. The molecule has 0 radical (unpaired) electrons. The van der Waals surface area contributed by atoms with Gasteiger partial charge in [0.15, 0.2) is 0 Å². The molecule has 0 aromatic carbocycles. The molecule has 0 N–H and O–H groups in total. The lowest BCUT2D eigenvalue weighted by Crippen LogP contribution is -2.50. The smallest absolute Gasteiger partial charge is 0.227 e. The van der Waals surface area contributed by atoms with Crippen molar-refractivity contribution in [2.45, 2.75) is 37.7 Å². The first-order chi connectivity index (χ1) is 11.2. The first-order valence-corrected chi connectivity index (χ1v) is 8.50. The van der Waals surface area contributed by atoms with Gasteiger partial charge < -0.3 is 14.4 Å². The van der Waals surface area contributed by atoms with Gasteiger partial charge in [0.25, 0.3) is 0 Å². The van der Waals surface area contributed by atoms with Gasteiger partial charge in [0.1, 0.15) is 0 Å². The number of carbonyl (C=O) groups excluding carboxylic acids is 1. The van der Waals surface area contributed by atoms with Gasteiger partial charge in [-0.2, -0.15) is 0 Å². The lowest BCUT2D eigenvalue weighted by atomic mass is 9.85. The summed E-state index contributed by atoms with van der Waals surface area (Å²) in [5.41, 5.74) is 0.903. The van der Waals surface area contributed by atoms with Crippen molar-refractivity contribution in [2.24, 2.45) is 5.92 Å². The van der Waals surface area contributed by atoms with E-state index in [4.69, 9.17) is 9.47 Å². The summed E-state index contributed by atoms with van der Waals surface area (Å²) in [5.74, 6) is 0.754. The third kappa shape index (κ3) is 4.09. The molecule has 1 aromatic heterocycles. The van der Waals surface area contributed by atoms with Gasteiger partial charge in [0.2, 0.25) is 5.91 Å². The number of carbonyl (C=O) groups is 1. The Hall–Kier alpha value is -1.46. The Balaban J connectivity index is 1.57. The lowest BCUT2D eigenvalue weighted by molar-refractivity contribution is -0.138. The van der Waals surface area contributed by atoms with Crippen molar-refractivity contribution in [2.75, 3.05) is 33.4 Å². The molecule has 3 heterocycles. The summed E-state index contributed by atoms with van der Waals surface area (Å²) in [6.45, 7) is 3.17. The average molecular weight is 318 g/mol. The van der Waals surface area contributed by atoms with E-state index in [1.807, 2.05) is 17.0 Å². The predicted molar refractivity (Wildman–Crippen MR) is 87.0 cm³/mol.